The third-order valence-electron chi connectivity index (χ3n) is 2.20. The zero-order chi connectivity index (χ0) is 10.4. The Bertz CT molecular complexity index is 236. The Kier molecular flexibility index (Phi) is 5.07. The smallest absolute Gasteiger partial charge is 0.0795 e. The van der Waals surface area contributed by atoms with Gasteiger partial charge in [-0.2, -0.15) is 0 Å². The Hall–Kier alpha value is -0.450. The highest BCUT2D eigenvalue weighted by molar-refractivity contribution is 7.07. The van der Waals surface area contributed by atoms with Crippen molar-refractivity contribution in [1.29, 1.82) is 0 Å². The molecule has 0 saturated carbocycles. The summed E-state index contributed by atoms with van der Waals surface area (Å²) < 4.78 is 0. The van der Waals surface area contributed by atoms with Gasteiger partial charge in [0.2, 0.25) is 0 Å². The maximum atomic E-state index is 5.51. The Morgan fingerprint density at radius 2 is 2.43 bits per heavy atom. The molecule has 2 N–H and O–H groups in total. The molecule has 0 spiro atoms. The van der Waals surface area contributed by atoms with E-state index in [1.54, 1.807) is 11.3 Å². The van der Waals surface area contributed by atoms with Crippen LogP contribution in [0.3, 0.4) is 0 Å². The molecule has 14 heavy (non-hydrogen) atoms. The van der Waals surface area contributed by atoms with Crippen molar-refractivity contribution >= 4 is 11.3 Å². The van der Waals surface area contributed by atoms with Gasteiger partial charge in [0.05, 0.1) is 11.2 Å². The van der Waals surface area contributed by atoms with Crippen LogP contribution in [0.25, 0.3) is 0 Å². The molecule has 0 saturated heterocycles. The predicted molar refractivity (Wildman–Crippen MR) is 61.3 cm³/mol. The van der Waals surface area contributed by atoms with E-state index in [0.29, 0.717) is 5.92 Å². The van der Waals surface area contributed by atoms with E-state index in [9.17, 15) is 0 Å². The summed E-state index contributed by atoms with van der Waals surface area (Å²) in [4.78, 5) is 6.56. The van der Waals surface area contributed by atoms with Gasteiger partial charge < -0.3 is 10.6 Å². The topological polar surface area (TPSA) is 42.1 Å². The summed E-state index contributed by atoms with van der Waals surface area (Å²) in [6, 6.07) is 0. The summed E-state index contributed by atoms with van der Waals surface area (Å²) in [6.07, 6.45) is 1.10. The molecule has 0 amide bonds. The molecule has 1 aromatic heterocycles. The van der Waals surface area contributed by atoms with Crippen molar-refractivity contribution in [2.75, 3.05) is 20.1 Å². The molecule has 0 bridgehead atoms. The van der Waals surface area contributed by atoms with Gasteiger partial charge in [-0.15, -0.1) is 11.3 Å². The standard InChI is InChI=1S/C10H19N3S/c1-9(3-4-11)5-13(2)6-10-7-14-8-12-10/h7-9H,3-6,11H2,1-2H3. The van der Waals surface area contributed by atoms with Crippen LogP contribution < -0.4 is 5.73 Å². The number of thiazole rings is 1. The summed E-state index contributed by atoms with van der Waals surface area (Å²) in [6.45, 7) is 5.06. The van der Waals surface area contributed by atoms with E-state index in [2.05, 4.69) is 29.2 Å². The fraction of sp³-hybridized carbons (Fsp3) is 0.700. The maximum Gasteiger partial charge on any atom is 0.0795 e. The second kappa shape index (κ2) is 6.11. The van der Waals surface area contributed by atoms with Crippen molar-refractivity contribution in [2.24, 2.45) is 11.7 Å². The van der Waals surface area contributed by atoms with E-state index in [4.69, 9.17) is 5.73 Å². The van der Waals surface area contributed by atoms with E-state index in [0.717, 1.165) is 31.7 Å². The molecule has 0 aromatic carbocycles. The van der Waals surface area contributed by atoms with Crippen molar-refractivity contribution in [2.45, 2.75) is 19.9 Å². The van der Waals surface area contributed by atoms with Gasteiger partial charge in [-0.1, -0.05) is 6.92 Å². The molecule has 0 fully saturated rings. The lowest BCUT2D eigenvalue weighted by Gasteiger charge is -2.19. The lowest BCUT2D eigenvalue weighted by atomic mass is 10.1. The fourth-order valence-electron chi connectivity index (χ4n) is 1.56. The molecule has 1 unspecified atom stereocenters. The highest BCUT2D eigenvalue weighted by Gasteiger charge is 2.06. The number of aromatic nitrogens is 1. The largest absolute Gasteiger partial charge is 0.330 e. The molecule has 1 aromatic rings. The minimum absolute atomic E-state index is 0.670. The van der Waals surface area contributed by atoms with E-state index >= 15 is 0 Å². The minimum Gasteiger partial charge on any atom is -0.330 e. The van der Waals surface area contributed by atoms with Gasteiger partial charge >= 0.3 is 0 Å². The van der Waals surface area contributed by atoms with Gasteiger partial charge in [0.1, 0.15) is 0 Å². The van der Waals surface area contributed by atoms with Crippen molar-refractivity contribution in [3.63, 3.8) is 0 Å². The summed E-state index contributed by atoms with van der Waals surface area (Å²) in [5.41, 5.74) is 8.56. The highest BCUT2D eigenvalue weighted by Crippen LogP contribution is 2.07. The lowest BCUT2D eigenvalue weighted by Crippen LogP contribution is -2.25. The van der Waals surface area contributed by atoms with Gasteiger partial charge in [0, 0.05) is 18.5 Å². The van der Waals surface area contributed by atoms with Crippen molar-refractivity contribution < 1.29 is 0 Å². The molecule has 1 rings (SSSR count). The molecule has 4 heteroatoms. The third-order valence-corrected chi connectivity index (χ3v) is 2.83. The first-order chi connectivity index (χ1) is 6.72. The summed E-state index contributed by atoms with van der Waals surface area (Å²) in [7, 11) is 2.13. The van der Waals surface area contributed by atoms with Gasteiger partial charge in [0.25, 0.3) is 0 Å². The Morgan fingerprint density at radius 1 is 1.64 bits per heavy atom. The van der Waals surface area contributed by atoms with Gasteiger partial charge in [-0.25, -0.2) is 4.98 Å². The van der Waals surface area contributed by atoms with Crippen LogP contribution in [-0.4, -0.2) is 30.0 Å². The van der Waals surface area contributed by atoms with Crippen LogP contribution in [0, 0.1) is 5.92 Å². The van der Waals surface area contributed by atoms with Crippen molar-refractivity contribution in [3.8, 4) is 0 Å². The molecule has 3 nitrogen and oxygen atoms in total. The highest BCUT2D eigenvalue weighted by atomic mass is 32.1. The second-order valence-electron chi connectivity index (χ2n) is 3.86. The zero-order valence-electron chi connectivity index (χ0n) is 8.94. The second-order valence-corrected chi connectivity index (χ2v) is 4.58. The molecule has 0 aliphatic rings. The quantitative estimate of drug-likeness (QED) is 0.780. The van der Waals surface area contributed by atoms with Crippen LogP contribution in [0.4, 0.5) is 0 Å². The number of hydrogen-bond donors (Lipinski definition) is 1. The van der Waals surface area contributed by atoms with Crippen molar-refractivity contribution in [1.82, 2.24) is 9.88 Å². The monoisotopic (exact) mass is 213 g/mol. The van der Waals surface area contributed by atoms with Crippen LogP contribution >= 0.6 is 11.3 Å². The van der Waals surface area contributed by atoms with E-state index in [1.165, 1.54) is 0 Å². The van der Waals surface area contributed by atoms with Gasteiger partial charge in [-0.3, -0.25) is 0 Å². The first-order valence-electron chi connectivity index (χ1n) is 4.98. The van der Waals surface area contributed by atoms with E-state index < -0.39 is 0 Å². The summed E-state index contributed by atoms with van der Waals surface area (Å²) in [5, 5.41) is 2.10. The Labute approximate surface area is 89.9 Å². The minimum atomic E-state index is 0.670. The van der Waals surface area contributed by atoms with Crippen LogP contribution in [0.5, 0.6) is 0 Å². The van der Waals surface area contributed by atoms with Crippen LogP contribution in [0.15, 0.2) is 10.9 Å². The molecule has 0 aliphatic heterocycles. The maximum absolute atomic E-state index is 5.51. The van der Waals surface area contributed by atoms with Gasteiger partial charge in [0.15, 0.2) is 0 Å². The molecule has 1 heterocycles. The predicted octanol–water partition coefficient (Wildman–Crippen LogP) is 1.56. The van der Waals surface area contributed by atoms with E-state index in [1.807, 2.05) is 5.51 Å². The number of hydrogen-bond acceptors (Lipinski definition) is 4. The molecule has 80 valence electrons. The van der Waals surface area contributed by atoms with Gasteiger partial charge in [-0.05, 0) is 25.9 Å². The summed E-state index contributed by atoms with van der Waals surface area (Å²) >= 11 is 1.65. The third kappa shape index (κ3) is 4.17. The Balaban J connectivity index is 2.25. The molecule has 0 aliphatic carbocycles. The SMILES string of the molecule is CC(CCN)CN(C)Cc1cscn1. The lowest BCUT2D eigenvalue weighted by molar-refractivity contribution is 0.270. The number of nitrogens with zero attached hydrogens (tertiary/aromatic N) is 2. The number of rotatable bonds is 6. The fourth-order valence-corrected chi connectivity index (χ4v) is 2.11. The molecular formula is C10H19N3S. The van der Waals surface area contributed by atoms with E-state index in [-0.39, 0.29) is 0 Å². The molecule has 1 atom stereocenters. The normalized spacial score (nSPS) is 13.4. The van der Waals surface area contributed by atoms with Crippen LogP contribution in [-0.2, 0) is 6.54 Å². The molecular weight excluding hydrogens is 194 g/mol. The average Bonchev–Trinajstić information content (AvgIpc) is 2.56. The van der Waals surface area contributed by atoms with Crippen molar-refractivity contribution in [3.05, 3.63) is 16.6 Å². The Morgan fingerprint density at radius 3 is 3.00 bits per heavy atom. The summed E-state index contributed by atoms with van der Waals surface area (Å²) in [5.74, 6) is 0.670. The first kappa shape index (κ1) is 11.6. The first-order valence-corrected chi connectivity index (χ1v) is 5.92. The molecule has 0 radical (unpaired) electrons. The number of nitrogens with two attached hydrogens (primary N) is 1. The average molecular weight is 213 g/mol. The van der Waals surface area contributed by atoms with Crippen LogP contribution in [0.2, 0.25) is 0 Å². The van der Waals surface area contributed by atoms with Crippen LogP contribution in [0.1, 0.15) is 19.0 Å². The zero-order valence-corrected chi connectivity index (χ0v) is 9.76.